The van der Waals surface area contributed by atoms with Gasteiger partial charge in [-0.3, -0.25) is 30.1 Å². The first-order valence-corrected chi connectivity index (χ1v) is 13.8. The number of thiophene rings is 1. The molecule has 2 aliphatic rings. The standard InChI is InChI=1S/C23H29N5O5S2/c1-3-27-13-10-18-19(14-27)34-23(20(18)22(31)26-25-15(2)29)24-21(30)16-6-8-17(9-7-16)35(32,33)28-11-4-5-12-28/h6-9H,3-5,10-14H2,1-2H3,(H,24,30)(H,25,29)(H,26,31). The van der Waals surface area contributed by atoms with Crippen LogP contribution in [0.5, 0.6) is 0 Å². The van der Waals surface area contributed by atoms with Gasteiger partial charge in [-0.05, 0) is 55.6 Å². The largest absolute Gasteiger partial charge is 0.313 e. The van der Waals surface area contributed by atoms with Crippen molar-refractivity contribution in [1.82, 2.24) is 20.1 Å². The Morgan fingerprint density at radius 3 is 2.31 bits per heavy atom. The first kappa shape index (κ1) is 25.3. The zero-order valence-corrected chi connectivity index (χ0v) is 21.4. The van der Waals surface area contributed by atoms with Gasteiger partial charge in [-0.1, -0.05) is 6.92 Å². The van der Waals surface area contributed by atoms with E-state index >= 15 is 0 Å². The molecule has 35 heavy (non-hydrogen) atoms. The number of hydrazine groups is 1. The van der Waals surface area contributed by atoms with E-state index in [-0.39, 0.29) is 10.5 Å². The molecular formula is C23H29N5O5S2. The third kappa shape index (κ3) is 5.40. The normalized spacial score (nSPS) is 16.5. The molecule has 1 fully saturated rings. The molecule has 0 spiro atoms. The summed E-state index contributed by atoms with van der Waals surface area (Å²) in [6.45, 7) is 6.72. The number of nitrogens with zero attached hydrogens (tertiary/aromatic N) is 2. The summed E-state index contributed by atoms with van der Waals surface area (Å²) in [6, 6.07) is 5.82. The molecule has 0 aliphatic carbocycles. The highest BCUT2D eigenvalue weighted by Gasteiger charge is 2.30. The average Bonchev–Trinajstić information content (AvgIpc) is 3.50. The lowest BCUT2D eigenvalue weighted by molar-refractivity contribution is -0.119. The maximum Gasteiger partial charge on any atom is 0.272 e. The average molecular weight is 520 g/mol. The summed E-state index contributed by atoms with van der Waals surface area (Å²) in [5, 5.41) is 3.22. The molecule has 0 saturated carbocycles. The third-order valence-electron chi connectivity index (χ3n) is 6.21. The van der Waals surface area contributed by atoms with Gasteiger partial charge in [0, 0.05) is 43.5 Å². The Kier molecular flexibility index (Phi) is 7.55. The summed E-state index contributed by atoms with van der Waals surface area (Å²) < 4.78 is 27.0. The van der Waals surface area contributed by atoms with E-state index in [1.807, 2.05) is 0 Å². The molecule has 188 valence electrons. The number of likely N-dealkylation sites (N-methyl/N-ethyl adjacent to an activating group) is 1. The van der Waals surface area contributed by atoms with Gasteiger partial charge in [-0.15, -0.1) is 11.3 Å². The number of hydrogen-bond donors (Lipinski definition) is 3. The van der Waals surface area contributed by atoms with Gasteiger partial charge in [0.1, 0.15) is 5.00 Å². The minimum absolute atomic E-state index is 0.151. The van der Waals surface area contributed by atoms with Gasteiger partial charge < -0.3 is 5.32 Å². The number of carbonyl (C=O) groups excluding carboxylic acids is 3. The zero-order valence-electron chi connectivity index (χ0n) is 19.7. The fraction of sp³-hybridized carbons (Fsp3) is 0.435. The molecule has 0 bridgehead atoms. The molecule has 2 aromatic rings. The van der Waals surface area contributed by atoms with Crippen LogP contribution in [0.25, 0.3) is 0 Å². The van der Waals surface area contributed by atoms with Crippen LogP contribution in [0, 0.1) is 0 Å². The van der Waals surface area contributed by atoms with Gasteiger partial charge in [0.15, 0.2) is 0 Å². The maximum atomic E-state index is 13.0. The van der Waals surface area contributed by atoms with Crippen LogP contribution in [-0.2, 0) is 27.8 Å². The van der Waals surface area contributed by atoms with Gasteiger partial charge in [0.05, 0.1) is 10.5 Å². The summed E-state index contributed by atoms with van der Waals surface area (Å²) in [4.78, 5) is 40.6. The minimum Gasteiger partial charge on any atom is -0.313 e. The molecule has 3 amide bonds. The second-order valence-electron chi connectivity index (χ2n) is 8.55. The fourth-order valence-electron chi connectivity index (χ4n) is 4.29. The van der Waals surface area contributed by atoms with E-state index in [9.17, 15) is 22.8 Å². The Bertz CT molecular complexity index is 1230. The quantitative estimate of drug-likeness (QED) is 0.501. The van der Waals surface area contributed by atoms with E-state index in [2.05, 4.69) is 28.0 Å². The van der Waals surface area contributed by atoms with Gasteiger partial charge in [-0.25, -0.2) is 8.42 Å². The molecule has 1 aromatic carbocycles. The lowest BCUT2D eigenvalue weighted by atomic mass is 10.0. The topological polar surface area (TPSA) is 128 Å². The van der Waals surface area contributed by atoms with Crippen LogP contribution in [0.2, 0.25) is 0 Å². The summed E-state index contributed by atoms with van der Waals surface area (Å²) in [7, 11) is -3.57. The Balaban J connectivity index is 1.57. The molecule has 4 rings (SSSR count). The van der Waals surface area contributed by atoms with E-state index in [4.69, 9.17) is 0 Å². The fourth-order valence-corrected chi connectivity index (χ4v) is 7.09. The molecule has 0 radical (unpaired) electrons. The summed E-state index contributed by atoms with van der Waals surface area (Å²) in [5.41, 5.74) is 6.18. The number of fused-ring (bicyclic) bond motifs is 1. The van der Waals surface area contributed by atoms with Crippen molar-refractivity contribution in [3.8, 4) is 0 Å². The van der Waals surface area contributed by atoms with E-state index in [1.54, 1.807) is 0 Å². The van der Waals surface area contributed by atoms with Crippen LogP contribution in [0.15, 0.2) is 29.2 Å². The van der Waals surface area contributed by atoms with E-state index < -0.39 is 27.7 Å². The van der Waals surface area contributed by atoms with Gasteiger partial charge in [-0.2, -0.15) is 4.31 Å². The van der Waals surface area contributed by atoms with Crippen molar-refractivity contribution in [2.75, 3.05) is 31.5 Å². The SMILES string of the molecule is CCN1CCc2c(sc(NC(=O)c3ccc(S(=O)(=O)N4CCCC4)cc3)c2C(=O)NNC(C)=O)C1. The van der Waals surface area contributed by atoms with Crippen LogP contribution in [0.1, 0.15) is 57.8 Å². The lowest BCUT2D eigenvalue weighted by Crippen LogP contribution is -2.41. The van der Waals surface area contributed by atoms with Gasteiger partial charge in [0.25, 0.3) is 11.8 Å². The Morgan fingerprint density at radius 1 is 1.00 bits per heavy atom. The predicted molar refractivity (Wildman–Crippen MR) is 133 cm³/mol. The number of amides is 3. The second kappa shape index (κ2) is 10.4. The number of carbonyl (C=O) groups is 3. The highest BCUT2D eigenvalue weighted by molar-refractivity contribution is 7.89. The molecule has 1 saturated heterocycles. The number of nitrogens with one attached hydrogen (secondary N) is 3. The Morgan fingerprint density at radius 2 is 1.69 bits per heavy atom. The number of anilines is 1. The van der Waals surface area contributed by atoms with Crippen LogP contribution in [0.3, 0.4) is 0 Å². The Hall–Kier alpha value is -2.80. The highest BCUT2D eigenvalue weighted by Crippen LogP contribution is 2.37. The second-order valence-corrected chi connectivity index (χ2v) is 11.6. The first-order valence-electron chi connectivity index (χ1n) is 11.6. The van der Waals surface area contributed by atoms with E-state index in [1.165, 1.54) is 46.8 Å². The first-order chi connectivity index (χ1) is 16.7. The molecular weight excluding hydrogens is 490 g/mol. The summed E-state index contributed by atoms with van der Waals surface area (Å²) in [6.07, 6.45) is 2.35. The van der Waals surface area contributed by atoms with Crippen molar-refractivity contribution in [3.05, 3.63) is 45.8 Å². The van der Waals surface area contributed by atoms with Gasteiger partial charge in [0.2, 0.25) is 15.9 Å². The monoisotopic (exact) mass is 519 g/mol. The van der Waals surface area contributed by atoms with E-state index in [0.717, 1.165) is 36.4 Å². The van der Waals surface area contributed by atoms with E-state index in [0.29, 0.717) is 36.6 Å². The van der Waals surface area contributed by atoms with Crippen LogP contribution >= 0.6 is 11.3 Å². The lowest BCUT2D eigenvalue weighted by Gasteiger charge is -2.25. The van der Waals surface area contributed by atoms with Crippen molar-refractivity contribution in [2.45, 2.75) is 44.6 Å². The van der Waals surface area contributed by atoms with Gasteiger partial charge >= 0.3 is 0 Å². The summed E-state index contributed by atoms with van der Waals surface area (Å²) >= 11 is 1.34. The molecule has 0 unspecified atom stereocenters. The van der Waals surface area contributed by atoms with Crippen LogP contribution < -0.4 is 16.2 Å². The molecule has 3 heterocycles. The van der Waals surface area contributed by atoms with Crippen molar-refractivity contribution in [1.29, 1.82) is 0 Å². The van der Waals surface area contributed by atoms with Crippen molar-refractivity contribution in [3.63, 3.8) is 0 Å². The Labute approximate surface area is 208 Å². The van der Waals surface area contributed by atoms with Crippen molar-refractivity contribution in [2.24, 2.45) is 0 Å². The van der Waals surface area contributed by atoms with Crippen LogP contribution in [-0.4, -0.2) is 61.5 Å². The van der Waals surface area contributed by atoms with Crippen molar-refractivity contribution < 1.29 is 22.8 Å². The number of sulfonamides is 1. The van der Waals surface area contributed by atoms with Crippen molar-refractivity contribution >= 4 is 44.1 Å². The molecule has 2 aliphatic heterocycles. The molecule has 1 aromatic heterocycles. The smallest absolute Gasteiger partial charge is 0.272 e. The highest BCUT2D eigenvalue weighted by atomic mass is 32.2. The predicted octanol–water partition coefficient (Wildman–Crippen LogP) is 1.94. The number of rotatable bonds is 6. The molecule has 0 atom stereocenters. The molecule has 3 N–H and O–H groups in total. The molecule has 10 nitrogen and oxygen atoms in total. The third-order valence-corrected chi connectivity index (χ3v) is 9.25. The minimum atomic E-state index is -3.57. The molecule has 12 heteroatoms. The number of hydrogen-bond acceptors (Lipinski definition) is 7. The van der Waals surface area contributed by atoms with Crippen LogP contribution in [0.4, 0.5) is 5.00 Å². The summed E-state index contributed by atoms with van der Waals surface area (Å²) in [5.74, 6) is -1.35. The maximum absolute atomic E-state index is 13.0. The zero-order chi connectivity index (χ0) is 25.2. The number of benzene rings is 1.